The third-order valence-electron chi connectivity index (χ3n) is 11.7. The van der Waals surface area contributed by atoms with Gasteiger partial charge in [0.2, 0.25) is 0 Å². The molecule has 0 N–H and O–H groups in total. The first-order chi connectivity index (χ1) is 18.4. The fraction of sp³-hybridized carbons (Fsp3) is 0.763. The van der Waals surface area contributed by atoms with Crippen molar-refractivity contribution in [1.82, 2.24) is 0 Å². The summed E-state index contributed by atoms with van der Waals surface area (Å²) in [4.78, 5) is 0. The average molecular weight is 727 g/mol. The molecule has 9 unspecified atom stereocenters. The summed E-state index contributed by atoms with van der Waals surface area (Å²) in [6.45, 7) is 17.1. The van der Waals surface area contributed by atoms with Crippen LogP contribution in [0.25, 0.3) is 5.32 Å². The Morgan fingerprint density at radius 3 is 2.20 bits per heavy atom. The second kappa shape index (κ2) is 16.8. The Morgan fingerprint density at radius 1 is 0.854 bits per heavy atom. The molecule has 1 heterocycles. The molecule has 230 valence electrons. The van der Waals surface area contributed by atoms with Crippen molar-refractivity contribution in [3.63, 3.8) is 0 Å². The number of hydrogen-bond donors (Lipinski definition) is 0. The van der Waals surface area contributed by atoms with Crippen LogP contribution in [0.15, 0.2) is 23.9 Å². The zero-order valence-corrected chi connectivity index (χ0v) is 31.5. The van der Waals surface area contributed by atoms with Crippen LogP contribution in [0.5, 0.6) is 0 Å². The van der Waals surface area contributed by atoms with Gasteiger partial charge in [0.05, 0.1) is 18.5 Å². The van der Waals surface area contributed by atoms with Gasteiger partial charge in [-0.15, -0.1) is 18.0 Å². The maximum absolute atomic E-state index is 6.00. The molecule has 0 aromatic heterocycles. The minimum absolute atomic E-state index is 0. The van der Waals surface area contributed by atoms with E-state index in [2.05, 4.69) is 63.8 Å². The molecule has 9 atom stereocenters. The first-order valence-electron chi connectivity index (χ1n) is 16.8. The average Bonchev–Trinajstić information content (AvgIpc) is 2.92. The third kappa shape index (κ3) is 8.12. The quantitative estimate of drug-likeness (QED) is 0.141. The van der Waals surface area contributed by atoms with Crippen LogP contribution < -0.4 is 0 Å². The van der Waals surface area contributed by atoms with Gasteiger partial charge in [0, 0.05) is 0 Å². The summed E-state index contributed by atoms with van der Waals surface area (Å²) in [5.41, 5.74) is 1.41. The van der Waals surface area contributed by atoms with Crippen molar-refractivity contribution in [3.05, 3.63) is 56.6 Å². The second-order valence-electron chi connectivity index (χ2n) is 14.6. The van der Waals surface area contributed by atoms with Gasteiger partial charge in [-0.2, -0.15) is 6.42 Å². The maximum atomic E-state index is 6.00. The topological polar surface area (TPSA) is 17.1 Å². The van der Waals surface area contributed by atoms with E-state index in [1.165, 1.54) is 95.2 Å². The summed E-state index contributed by atoms with van der Waals surface area (Å²) >= 11 is 0. The summed E-state index contributed by atoms with van der Waals surface area (Å²) in [5, 5.41) is 6.00. The summed E-state index contributed by atoms with van der Waals surface area (Å²) in [7, 11) is 0. The standard InChI is InChI=1S/C36H58N2.2CH3.Hf/c1-24(2)28-17-9-10-19-32(28)36(37-35-26(5)14-11-20-29(35)25(3)4)34-23-13-22-33(38(34)6)31-21-12-16-27-15-7-8-18-30(27)31;;;/h13,21-32,35-36H,6-12,14-20H2,1-5H3;2*1H3;/q-2;2*-1;+4. The monoisotopic (exact) mass is 728 g/mol. The van der Waals surface area contributed by atoms with Gasteiger partial charge < -0.3 is 26.6 Å². The largest absolute Gasteiger partial charge is 4.00 e. The Hall–Kier alpha value is -0.150. The molecule has 0 saturated heterocycles. The van der Waals surface area contributed by atoms with Crippen LogP contribution in [-0.2, 0) is 25.8 Å². The van der Waals surface area contributed by atoms with Crippen molar-refractivity contribution in [2.45, 2.75) is 130 Å². The summed E-state index contributed by atoms with van der Waals surface area (Å²) in [6, 6.07) is 2.22. The predicted molar refractivity (Wildman–Crippen MR) is 176 cm³/mol. The van der Waals surface area contributed by atoms with E-state index in [1.807, 2.05) is 0 Å². The molecule has 0 aromatic carbocycles. The van der Waals surface area contributed by atoms with Crippen molar-refractivity contribution in [3.8, 4) is 0 Å². The molecule has 0 amide bonds. The molecular formula is C38H64HfN2. The van der Waals surface area contributed by atoms with Crippen LogP contribution in [0, 0.1) is 80.6 Å². The Labute approximate surface area is 275 Å². The molecule has 5 rings (SSSR count). The predicted octanol–water partition coefficient (Wildman–Crippen LogP) is 10.7. The Morgan fingerprint density at radius 2 is 1.49 bits per heavy atom. The van der Waals surface area contributed by atoms with E-state index in [4.69, 9.17) is 12.0 Å². The first-order valence-corrected chi connectivity index (χ1v) is 16.8. The van der Waals surface area contributed by atoms with Crippen molar-refractivity contribution in [2.75, 3.05) is 0 Å². The molecule has 0 bridgehead atoms. The van der Waals surface area contributed by atoms with Crippen molar-refractivity contribution in [2.24, 2.45) is 53.3 Å². The van der Waals surface area contributed by atoms with E-state index in [0.29, 0.717) is 29.7 Å². The van der Waals surface area contributed by atoms with E-state index >= 15 is 0 Å². The van der Waals surface area contributed by atoms with E-state index in [-0.39, 0.29) is 46.7 Å². The van der Waals surface area contributed by atoms with Crippen LogP contribution >= 0.6 is 0 Å². The van der Waals surface area contributed by atoms with Crippen LogP contribution in [0.4, 0.5) is 0 Å². The molecular weight excluding hydrogens is 663 g/mol. The number of nitrogens with zero attached hydrogens (tertiary/aromatic N) is 2. The summed E-state index contributed by atoms with van der Waals surface area (Å²) in [6.07, 6.45) is 27.8. The molecule has 4 saturated carbocycles. The summed E-state index contributed by atoms with van der Waals surface area (Å²) < 4.78 is 2.41. The number of rotatable bonds is 7. The Bertz CT molecular complexity index is 856. The number of fused-ring (bicyclic) bond motifs is 1. The fourth-order valence-corrected chi connectivity index (χ4v) is 9.62. The van der Waals surface area contributed by atoms with Crippen molar-refractivity contribution in [1.29, 1.82) is 0 Å². The molecule has 2 nitrogen and oxygen atoms in total. The molecule has 3 heteroatoms. The number of hydrogen-bond acceptors (Lipinski definition) is 0. The zero-order valence-electron chi connectivity index (χ0n) is 28.0. The Balaban J connectivity index is 0.00000196. The van der Waals surface area contributed by atoms with Crippen LogP contribution in [0.3, 0.4) is 0 Å². The molecule has 5 aliphatic rings. The van der Waals surface area contributed by atoms with Crippen LogP contribution in [0.1, 0.15) is 118 Å². The zero-order chi connectivity index (χ0) is 26.8. The molecule has 1 aliphatic heterocycles. The molecule has 0 radical (unpaired) electrons. The molecule has 4 aliphatic carbocycles. The van der Waals surface area contributed by atoms with E-state index in [9.17, 15) is 0 Å². The van der Waals surface area contributed by atoms with Gasteiger partial charge in [0.15, 0.2) is 0 Å². The molecule has 0 aromatic rings. The minimum atomic E-state index is 0. The van der Waals surface area contributed by atoms with Crippen molar-refractivity contribution >= 4 is 6.72 Å². The van der Waals surface area contributed by atoms with Crippen LogP contribution in [0.2, 0.25) is 0 Å². The van der Waals surface area contributed by atoms with Gasteiger partial charge >= 0.3 is 25.8 Å². The van der Waals surface area contributed by atoms with Gasteiger partial charge in [-0.1, -0.05) is 154 Å². The van der Waals surface area contributed by atoms with Gasteiger partial charge in [-0.25, -0.2) is 0 Å². The van der Waals surface area contributed by atoms with E-state index in [0.717, 1.165) is 29.6 Å². The molecule has 4 fully saturated rings. The van der Waals surface area contributed by atoms with Gasteiger partial charge in [-0.3, -0.25) is 4.58 Å². The SMILES string of the molecule is C=[N+]1C(C([N-]C2C(C)CCCC2C(C)C)C2CCCCC2C(C)C)=CC=C[C-]1C1[CH-]CCC2CCCCC21.[CH3-].[CH3-].[Hf+4]. The number of allylic oxidation sites excluding steroid dienone is 2. The third-order valence-corrected chi connectivity index (χ3v) is 11.7. The smallest absolute Gasteiger partial charge is 0.655 e. The normalized spacial score (nSPS) is 36.4. The minimum Gasteiger partial charge on any atom is -0.655 e. The molecule has 0 spiro atoms. The maximum Gasteiger partial charge on any atom is 4.00 e. The van der Waals surface area contributed by atoms with Gasteiger partial charge in [0.25, 0.3) is 0 Å². The van der Waals surface area contributed by atoms with Gasteiger partial charge in [0.1, 0.15) is 0 Å². The second-order valence-corrected chi connectivity index (χ2v) is 14.6. The van der Waals surface area contributed by atoms with E-state index < -0.39 is 0 Å². The van der Waals surface area contributed by atoms with Crippen LogP contribution in [-0.4, -0.2) is 23.4 Å². The molecule has 41 heavy (non-hydrogen) atoms. The van der Waals surface area contributed by atoms with E-state index in [1.54, 1.807) is 0 Å². The van der Waals surface area contributed by atoms with Gasteiger partial charge in [-0.05, 0) is 23.7 Å². The summed E-state index contributed by atoms with van der Waals surface area (Å²) in [5.74, 6) is 6.55. The Kier molecular flexibility index (Phi) is 15.2. The fourth-order valence-electron chi connectivity index (χ4n) is 9.62. The first kappa shape index (κ1) is 37.0. The van der Waals surface area contributed by atoms with Crippen molar-refractivity contribution < 1.29 is 30.4 Å².